The van der Waals surface area contributed by atoms with Gasteiger partial charge in [0.25, 0.3) is 0 Å². The minimum Gasteiger partial charge on any atom is -0.352 e. The van der Waals surface area contributed by atoms with Crippen LogP contribution < -0.4 is 10.6 Å². The number of hydrogen-bond donors (Lipinski definition) is 2. The van der Waals surface area contributed by atoms with E-state index in [4.69, 9.17) is 11.6 Å². The molecule has 6 heteroatoms. The highest BCUT2D eigenvalue weighted by molar-refractivity contribution is 7.99. The third-order valence-electron chi connectivity index (χ3n) is 2.90. The van der Waals surface area contributed by atoms with Crippen molar-refractivity contribution in [2.45, 2.75) is 19.0 Å². The molecule has 0 aromatic heterocycles. The van der Waals surface area contributed by atoms with Crippen LogP contribution in [0.25, 0.3) is 0 Å². The Hall–Kier alpha value is -0.780. The average molecular weight is 303 g/mol. The van der Waals surface area contributed by atoms with Crippen LogP contribution in [-0.4, -0.2) is 30.0 Å². The summed E-state index contributed by atoms with van der Waals surface area (Å²) in [6.07, 6.45) is 0.474. The van der Waals surface area contributed by atoms with Crippen LogP contribution in [0.1, 0.15) is 12.0 Å². The fourth-order valence-electron chi connectivity index (χ4n) is 1.90. The molecule has 0 saturated carbocycles. The van der Waals surface area contributed by atoms with Crippen molar-refractivity contribution in [2.24, 2.45) is 0 Å². The lowest BCUT2D eigenvalue weighted by Crippen LogP contribution is -2.41. The van der Waals surface area contributed by atoms with E-state index in [0.29, 0.717) is 13.0 Å². The fourth-order valence-corrected chi connectivity index (χ4v) is 3.05. The molecule has 104 valence electrons. The molecule has 1 amide bonds. The molecule has 2 rings (SSSR count). The number of halogens is 2. The summed E-state index contributed by atoms with van der Waals surface area (Å²) in [6.45, 7) is 1.33. The van der Waals surface area contributed by atoms with Crippen molar-refractivity contribution in [3.8, 4) is 0 Å². The van der Waals surface area contributed by atoms with E-state index >= 15 is 0 Å². The van der Waals surface area contributed by atoms with Crippen LogP contribution in [0.4, 0.5) is 4.39 Å². The number of carbonyl (C=O) groups excluding carboxylic acids is 1. The van der Waals surface area contributed by atoms with Gasteiger partial charge in [0, 0.05) is 37.1 Å². The van der Waals surface area contributed by atoms with Crippen molar-refractivity contribution >= 4 is 29.3 Å². The predicted molar refractivity (Wildman–Crippen MR) is 77.0 cm³/mol. The zero-order chi connectivity index (χ0) is 13.7. The summed E-state index contributed by atoms with van der Waals surface area (Å²) in [5.41, 5.74) is 0.797. The Morgan fingerprint density at radius 2 is 2.42 bits per heavy atom. The summed E-state index contributed by atoms with van der Waals surface area (Å²) >= 11 is 7.55. The Morgan fingerprint density at radius 1 is 1.58 bits per heavy atom. The number of thioether (sulfide) groups is 1. The lowest BCUT2D eigenvalue weighted by Gasteiger charge is -2.22. The van der Waals surface area contributed by atoms with E-state index in [0.717, 1.165) is 23.6 Å². The normalized spacial score (nSPS) is 19.2. The van der Waals surface area contributed by atoms with E-state index in [2.05, 4.69) is 10.6 Å². The van der Waals surface area contributed by atoms with Gasteiger partial charge in [-0.3, -0.25) is 4.79 Å². The molecule has 0 radical (unpaired) electrons. The molecule has 1 heterocycles. The molecule has 1 saturated heterocycles. The molecule has 1 atom stereocenters. The molecule has 1 aromatic rings. The quantitative estimate of drug-likeness (QED) is 0.896. The van der Waals surface area contributed by atoms with Crippen LogP contribution in [-0.2, 0) is 11.3 Å². The molecular formula is C13H16ClFN2OS. The van der Waals surface area contributed by atoms with Gasteiger partial charge in [0.15, 0.2) is 0 Å². The second-order valence-corrected chi connectivity index (χ2v) is 6.01. The molecule has 1 fully saturated rings. The maximum absolute atomic E-state index is 13.0. The van der Waals surface area contributed by atoms with E-state index < -0.39 is 5.82 Å². The van der Waals surface area contributed by atoms with Crippen LogP contribution >= 0.6 is 23.4 Å². The second-order valence-electron chi connectivity index (χ2n) is 4.46. The summed E-state index contributed by atoms with van der Waals surface area (Å²) in [7, 11) is 0. The fraction of sp³-hybridized carbons (Fsp3) is 0.462. The molecule has 1 unspecified atom stereocenters. The van der Waals surface area contributed by atoms with Gasteiger partial charge in [0.2, 0.25) is 5.91 Å². The molecule has 2 N–H and O–H groups in total. The van der Waals surface area contributed by atoms with Gasteiger partial charge in [0.1, 0.15) is 5.82 Å². The minimum absolute atomic E-state index is 0.000414. The monoisotopic (exact) mass is 302 g/mol. The molecule has 3 nitrogen and oxygen atoms in total. The highest BCUT2D eigenvalue weighted by Gasteiger charge is 2.16. The molecule has 0 bridgehead atoms. The molecule has 19 heavy (non-hydrogen) atoms. The van der Waals surface area contributed by atoms with E-state index in [1.165, 1.54) is 12.1 Å². The molecule has 0 aliphatic carbocycles. The largest absolute Gasteiger partial charge is 0.352 e. The molecule has 0 spiro atoms. The Balaban J connectivity index is 1.77. The van der Waals surface area contributed by atoms with Gasteiger partial charge in [0.05, 0.1) is 5.02 Å². The maximum Gasteiger partial charge on any atom is 0.221 e. The summed E-state index contributed by atoms with van der Waals surface area (Å²) in [6, 6.07) is 4.71. The molecule has 1 aliphatic rings. The number of carbonyl (C=O) groups is 1. The standard InChI is InChI=1S/C13H16ClFN2OS/c14-11-5-9(1-2-12(11)15)7-17-13(18)6-10-8-19-4-3-16-10/h1-2,5,10,16H,3-4,6-8H2,(H,17,18). The highest BCUT2D eigenvalue weighted by Crippen LogP contribution is 2.16. The second kappa shape index (κ2) is 7.12. The first-order valence-corrected chi connectivity index (χ1v) is 7.70. The van der Waals surface area contributed by atoms with E-state index in [9.17, 15) is 9.18 Å². The average Bonchev–Trinajstić information content (AvgIpc) is 2.41. The molecule has 1 aromatic carbocycles. The highest BCUT2D eigenvalue weighted by atomic mass is 35.5. The maximum atomic E-state index is 13.0. The van der Waals surface area contributed by atoms with Crippen molar-refractivity contribution in [3.05, 3.63) is 34.6 Å². The first kappa shape index (κ1) is 14.6. The van der Waals surface area contributed by atoms with Crippen LogP contribution in [0.5, 0.6) is 0 Å². The van der Waals surface area contributed by atoms with Crippen LogP contribution in [0.15, 0.2) is 18.2 Å². The van der Waals surface area contributed by atoms with Gasteiger partial charge in [-0.25, -0.2) is 4.39 Å². The van der Waals surface area contributed by atoms with Gasteiger partial charge < -0.3 is 10.6 Å². The summed E-state index contributed by atoms with van der Waals surface area (Å²) in [5, 5.41) is 6.22. The van der Waals surface area contributed by atoms with E-state index in [1.807, 2.05) is 11.8 Å². The third-order valence-corrected chi connectivity index (χ3v) is 4.32. The first-order chi connectivity index (χ1) is 9.15. The Labute approximate surface area is 121 Å². The number of hydrogen-bond acceptors (Lipinski definition) is 3. The van der Waals surface area contributed by atoms with E-state index in [1.54, 1.807) is 6.07 Å². The van der Waals surface area contributed by atoms with Crippen LogP contribution in [0.2, 0.25) is 5.02 Å². The lowest BCUT2D eigenvalue weighted by atomic mass is 10.2. The van der Waals surface area contributed by atoms with Crippen molar-refractivity contribution < 1.29 is 9.18 Å². The van der Waals surface area contributed by atoms with Gasteiger partial charge in [-0.2, -0.15) is 11.8 Å². The Bertz CT molecular complexity index is 452. The SMILES string of the molecule is O=C(CC1CSCCN1)NCc1ccc(F)c(Cl)c1. The third kappa shape index (κ3) is 4.67. The van der Waals surface area contributed by atoms with Gasteiger partial charge in [-0.1, -0.05) is 17.7 Å². The Kier molecular flexibility index (Phi) is 5.48. The summed E-state index contributed by atoms with van der Waals surface area (Å²) < 4.78 is 13.0. The van der Waals surface area contributed by atoms with Gasteiger partial charge in [-0.15, -0.1) is 0 Å². The first-order valence-electron chi connectivity index (χ1n) is 6.17. The topological polar surface area (TPSA) is 41.1 Å². The van der Waals surface area contributed by atoms with Crippen molar-refractivity contribution in [3.63, 3.8) is 0 Å². The zero-order valence-electron chi connectivity index (χ0n) is 10.4. The number of benzene rings is 1. The summed E-state index contributed by atoms with van der Waals surface area (Å²) in [5.74, 6) is 1.63. The summed E-state index contributed by atoms with van der Waals surface area (Å²) in [4.78, 5) is 11.8. The molecular weight excluding hydrogens is 287 g/mol. The number of nitrogens with one attached hydrogen (secondary N) is 2. The van der Waals surface area contributed by atoms with Crippen LogP contribution in [0.3, 0.4) is 0 Å². The lowest BCUT2D eigenvalue weighted by molar-refractivity contribution is -0.121. The van der Waals surface area contributed by atoms with E-state index in [-0.39, 0.29) is 17.0 Å². The van der Waals surface area contributed by atoms with Crippen molar-refractivity contribution in [1.82, 2.24) is 10.6 Å². The van der Waals surface area contributed by atoms with Gasteiger partial charge >= 0.3 is 0 Å². The Morgan fingerprint density at radius 3 is 3.11 bits per heavy atom. The predicted octanol–water partition coefficient (Wildman–Crippen LogP) is 2.19. The zero-order valence-corrected chi connectivity index (χ0v) is 12.0. The molecule has 1 aliphatic heterocycles. The number of rotatable bonds is 4. The van der Waals surface area contributed by atoms with Crippen LogP contribution in [0, 0.1) is 5.82 Å². The number of amides is 1. The van der Waals surface area contributed by atoms with Crippen molar-refractivity contribution in [1.29, 1.82) is 0 Å². The van der Waals surface area contributed by atoms with Crippen molar-refractivity contribution in [2.75, 3.05) is 18.1 Å². The minimum atomic E-state index is -0.444. The van der Waals surface area contributed by atoms with Gasteiger partial charge in [-0.05, 0) is 17.7 Å². The smallest absolute Gasteiger partial charge is 0.221 e.